The third kappa shape index (κ3) is 4.81. The summed E-state index contributed by atoms with van der Waals surface area (Å²) in [5.41, 5.74) is -0.0799. The molecule has 1 aliphatic heterocycles. The van der Waals surface area contributed by atoms with E-state index in [9.17, 15) is 14.4 Å². The summed E-state index contributed by atoms with van der Waals surface area (Å²) in [7, 11) is 0. The van der Waals surface area contributed by atoms with Crippen LogP contribution in [-0.2, 0) is 9.59 Å². The van der Waals surface area contributed by atoms with E-state index in [1.54, 1.807) is 6.07 Å². The average molecular weight is 405 g/mol. The number of carbonyl (C=O) groups is 3. The number of ether oxygens (including phenoxy) is 2. The number of nitrogens with zero attached hydrogens (tertiary/aromatic N) is 1. The Hall–Kier alpha value is -2.77. The summed E-state index contributed by atoms with van der Waals surface area (Å²) in [5.74, 6) is 0.495. The topological polar surface area (TPSA) is 97.0 Å². The third-order valence-electron chi connectivity index (χ3n) is 5.20. The summed E-state index contributed by atoms with van der Waals surface area (Å²) in [6.45, 7) is 10.0. The molecule has 1 fully saturated rings. The van der Waals surface area contributed by atoms with Crippen LogP contribution in [0.4, 0.5) is 4.79 Å². The Labute approximate surface area is 171 Å². The molecule has 1 aromatic carbocycles. The van der Waals surface area contributed by atoms with Gasteiger partial charge in [-0.2, -0.15) is 0 Å². The molecular formula is C21H31N3O5. The third-order valence-corrected chi connectivity index (χ3v) is 5.20. The number of hydrogen-bond acceptors (Lipinski definition) is 5. The summed E-state index contributed by atoms with van der Waals surface area (Å²) < 4.78 is 11.2. The Morgan fingerprint density at radius 2 is 1.72 bits per heavy atom. The van der Waals surface area contributed by atoms with Crippen LogP contribution in [0.5, 0.6) is 11.5 Å². The number of imide groups is 1. The number of benzene rings is 1. The van der Waals surface area contributed by atoms with Gasteiger partial charge in [0.1, 0.15) is 12.1 Å². The van der Waals surface area contributed by atoms with Gasteiger partial charge in [-0.15, -0.1) is 0 Å². The molecule has 1 aromatic rings. The quantitative estimate of drug-likeness (QED) is 0.584. The van der Waals surface area contributed by atoms with Gasteiger partial charge in [-0.25, -0.2) is 4.79 Å². The standard InChI is InChI=1S/C21H31N3O5/c1-6-21(7-2)19(26)24(20(27)23-21)13-18(25)22-14(5)15-10-11-16(28-8-3)17(12-15)29-9-4/h10-12,14H,6-9,13H2,1-5H3,(H,22,25)(H,23,27)/t14-/m1/s1. The summed E-state index contributed by atoms with van der Waals surface area (Å²) in [4.78, 5) is 38.3. The first kappa shape index (κ1) is 22.5. The van der Waals surface area contributed by atoms with Crippen molar-refractivity contribution in [3.63, 3.8) is 0 Å². The lowest BCUT2D eigenvalue weighted by molar-refractivity contribution is -0.135. The molecule has 0 unspecified atom stereocenters. The van der Waals surface area contributed by atoms with Crippen molar-refractivity contribution in [2.75, 3.05) is 19.8 Å². The highest BCUT2D eigenvalue weighted by Gasteiger charge is 2.49. The van der Waals surface area contributed by atoms with Crippen LogP contribution in [0.25, 0.3) is 0 Å². The minimum Gasteiger partial charge on any atom is -0.490 e. The fourth-order valence-electron chi connectivity index (χ4n) is 3.40. The van der Waals surface area contributed by atoms with E-state index in [0.717, 1.165) is 10.5 Å². The fraction of sp³-hybridized carbons (Fsp3) is 0.571. The molecule has 160 valence electrons. The number of carbonyl (C=O) groups excluding carboxylic acids is 3. The summed E-state index contributed by atoms with van der Waals surface area (Å²) >= 11 is 0. The maximum Gasteiger partial charge on any atom is 0.325 e. The van der Waals surface area contributed by atoms with Crippen molar-refractivity contribution in [3.05, 3.63) is 23.8 Å². The normalized spacial score (nSPS) is 16.4. The van der Waals surface area contributed by atoms with Gasteiger partial charge < -0.3 is 20.1 Å². The molecule has 0 saturated carbocycles. The van der Waals surface area contributed by atoms with Gasteiger partial charge in [0.15, 0.2) is 11.5 Å². The van der Waals surface area contributed by atoms with E-state index >= 15 is 0 Å². The van der Waals surface area contributed by atoms with Gasteiger partial charge in [-0.05, 0) is 51.3 Å². The van der Waals surface area contributed by atoms with E-state index in [4.69, 9.17) is 9.47 Å². The molecule has 4 amide bonds. The van der Waals surface area contributed by atoms with Crippen molar-refractivity contribution in [2.24, 2.45) is 0 Å². The molecule has 0 bridgehead atoms. The summed E-state index contributed by atoms with van der Waals surface area (Å²) in [6, 6.07) is 4.62. The Balaban J connectivity index is 2.06. The van der Waals surface area contributed by atoms with Crippen molar-refractivity contribution < 1.29 is 23.9 Å². The smallest absolute Gasteiger partial charge is 0.325 e. The van der Waals surface area contributed by atoms with Gasteiger partial charge in [0.2, 0.25) is 5.91 Å². The van der Waals surface area contributed by atoms with E-state index in [1.165, 1.54) is 0 Å². The van der Waals surface area contributed by atoms with Crippen LogP contribution in [0.15, 0.2) is 18.2 Å². The van der Waals surface area contributed by atoms with Crippen LogP contribution in [0, 0.1) is 0 Å². The van der Waals surface area contributed by atoms with E-state index in [1.807, 2.05) is 46.8 Å². The van der Waals surface area contributed by atoms with Crippen LogP contribution >= 0.6 is 0 Å². The lowest BCUT2D eigenvalue weighted by Gasteiger charge is -2.23. The lowest BCUT2D eigenvalue weighted by atomic mass is 9.93. The first-order valence-electron chi connectivity index (χ1n) is 10.1. The summed E-state index contributed by atoms with van der Waals surface area (Å²) in [6.07, 6.45) is 0.962. The Bertz CT molecular complexity index is 761. The maximum absolute atomic E-state index is 12.6. The molecule has 8 heteroatoms. The zero-order chi connectivity index (χ0) is 21.6. The van der Waals surface area contributed by atoms with Crippen LogP contribution in [0.1, 0.15) is 59.1 Å². The fourth-order valence-corrected chi connectivity index (χ4v) is 3.40. The number of nitrogens with one attached hydrogen (secondary N) is 2. The molecule has 1 aliphatic rings. The molecule has 0 spiro atoms. The molecule has 1 heterocycles. The Morgan fingerprint density at radius 3 is 2.28 bits per heavy atom. The molecule has 0 radical (unpaired) electrons. The average Bonchev–Trinajstić information content (AvgIpc) is 2.94. The van der Waals surface area contributed by atoms with E-state index in [0.29, 0.717) is 37.6 Å². The number of urea groups is 1. The van der Waals surface area contributed by atoms with Crippen LogP contribution < -0.4 is 20.1 Å². The zero-order valence-corrected chi connectivity index (χ0v) is 17.8. The molecule has 8 nitrogen and oxygen atoms in total. The molecule has 0 aliphatic carbocycles. The maximum atomic E-state index is 12.6. The number of amides is 4. The molecule has 2 rings (SSSR count). The SMILES string of the molecule is CCOc1ccc([C@@H](C)NC(=O)CN2C(=O)NC(CC)(CC)C2=O)cc1OCC. The predicted octanol–water partition coefficient (Wildman–Crippen LogP) is 2.77. The van der Waals surface area contributed by atoms with Gasteiger partial charge in [-0.3, -0.25) is 14.5 Å². The van der Waals surface area contributed by atoms with Crippen LogP contribution in [-0.4, -0.2) is 48.0 Å². The molecular weight excluding hydrogens is 374 g/mol. The molecule has 29 heavy (non-hydrogen) atoms. The predicted molar refractivity (Wildman–Crippen MR) is 109 cm³/mol. The first-order valence-corrected chi connectivity index (χ1v) is 10.1. The van der Waals surface area contributed by atoms with Crippen molar-refractivity contribution in [1.82, 2.24) is 15.5 Å². The van der Waals surface area contributed by atoms with Gasteiger partial charge in [0, 0.05) is 0 Å². The highest BCUT2D eigenvalue weighted by Crippen LogP contribution is 2.31. The zero-order valence-electron chi connectivity index (χ0n) is 17.8. The first-order chi connectivity index (χ1) is 13.8. The van der Waals surface area contributed by atoms with Crippen molar-refractivity contribution in [1.29, 1.82) is 0 Å². The molecule has 1 atom stereocenters. The second-order valence-corrected chi connectivity index (χ2v) is 6.97. The minimum absolute atomic E-state index is 0.313. The molecule has 1 saturated heterocycles. The largest absolute Gasteiger partial charge is 0.490 e. The number of rotatable bonds is 10. The summed E-state index contributed by atoms with van der Waals surface area (Å²) in [5, 5.41) is 5.56. The van der Waals surface area contributed by atoms with E-state index < -0.39 is 17.5 Å². The molecule has 0 aromatic heterocycles. The van der Waals surface area contributed by atoms with Gasteiger partial charge in [0.25, 0.3) is 5.91 Å². The van der Waals surface area contributed by atoms with E-state index in [-0.39, 0.29) is 18.5 Å². The second kappa shape index (κ2) is 9.62. The van der Waals surface area contributed by atoms with Crippen molar-refractivity contribution >= 4 is 17.8 Å². The van der Waals surface area contributed by atoms with Crippen molar-refractivity contribution in [2.45, 2.75) is 59.0 Å². The second-order valence-electron chi connectivity index (χ2n) is 6.97. The highest BCUT2D eigenvalue weighted by atomic mass is 16.5. The minimum atomic E-state index is -0.912. The van der Waals surface area contributed by atoms with Gasteiger partial charge in [0.05, 0.1) is 19.3 Å². The lowest BCUT2D eigenvalue weighted by Crippen LogP contribution is -2.46. The van der Waals surface area contributed by atoms with Crippen LogP contribution in [0.3, 0.4) is 0 Å². The van der Waals surface area contributed by atoms with Gasteiger partial charge >= 0.3 is 6.03 Å². The van der Waals surface area contributed by atoms with Crippen LogP contribution in [0.2, 0.25) is 0 Å². The van der Waals surface area contributed by atoms with E-state index in [2.05, 4.69) is 10.6 Å². The van der Waals surface area contributed by atoms with Gasteiger partial charge in [-0.1, -0.05) is 19.9 Å². The van der Waals surface area contributed by atoms with Crippen molar-refractivity contribution in [3.8, 4) is 11.5 Å². The molecule has 2 N–H and O–H groups in total. The Morgan fingerprint density at radius 1 is 1.10 bits per heavy atom. The Kier molecular flexibility index (Phi) is 7.47. The monoisotopic (exact) mass is 405 g/mol. The number of hydrogen-bond donors (Lipinski definition) is 2. The highest BCUT2D eigenvalue weighted by molar-refractivity contribution is 6.09.